The van der Waals surface area contributed by atoms with Crippen LogP contribution in [-0.2, 0) is 4.79 Å². The third-order valence-electron chi connectivity index (χ3n) is 2.79. The number of carbonyl (C=O) groups is 2. The molecule has 1 atom stereocenters. The van der Waals surface area contributed by atoms with Crippen LogP contribution in [0.1, 0.15) is 23.7 Å². The minimum absolute atomic E-state index is 0.00945. The number of carboxylic acids is 1. The maximum absolute atomic E-state index is 12.1. The second-order valence-corrected chi connectivity index (χ2v) is 4.48. The number of aliphatic carboxylic acids is 1. The largest absolute Gasteiger partial charge is 0.497 e. The molecule has 0 bridgehead atoms. The molecular formula is C14H19NO5. The van der Waals surface area contributed by atoms with Crippen molar-refractivity contribution in [3.8, 4) is 11.5 Å². The first-order valence-electron chi connectivity index (χ1n) is 6.20. The summed E-state index contributed by atoms with van der Waals surface area (Å²) in [7, 11) is 2.99. The van der Waals surface area contributed by atoms with E-state index in [1.54, 1.807) is 25.1 Å². The number of benzene rings is 1. The van der Waals surface area contributed by atoms with E-state index in [1.807, 2.05) is 0 Å². The van der Waals surface area contributed by atoms with E-state index in [0.717, 1.165) is 0 Å². The van der Waals surface area contributed by atoms with E-state index in [2.05, 4.69) is 5.32 Å². The zero-order valence-electron chi connectivity index (χ0n) is 11.8. The third-order valence-corrected chi connectivity index (χ3v) is 2.79. The Labute approximate surface area is 117 Å². The Kier molecular flexibility index (Phi) is 5.83. The van der Waals surface area contributed by atoms with Crippen LogP contribution in [0.5, 0.6) is 11.5 Å². The summed E-state index contributed by atoms with van der Waals surface area (Å²) in [6.07, 6.45) is 0.00945. The van der Waals surface area contributed by atoms with Crippen molar-refractivity contribution in [3.05, 3.63) is 23.8 Å². The molecule has 0 aliphatic rings. The van der Waals surface area contributed by atoms with Crippen molar-refractivity contribution in [2.24, 2.45) is 5.92 Å². The molecule has 1 unspecified atom stereocenters. The highest BCUT2D eigenvalue weighted by Gasteiger charge is 2.15. The van der Waals surface area contributed by atoms with E-state index in [4.69, 9.17) is 14.6 Å². The lowest BCUT2D eigenvalue weighted by Gasteiger charge is -2.13. The molecule has 0 aromatic heterocycles. The molecule has 6 nitrogen and oxygen atoms in total. The maximum Gasteiger partial charge on any atom is 0.303 e. The molecule has 1 amide bonds. The lowest BCUT2D eigenvalue weighted by atomic mass is 10.1. The third kappa shape index (κ3) is 4.46. The number of amides is 1. The van der Waals surface area contributed by atoms with Gasteiger partial charge in [-0.2, -0.15) is 0 Å². The Bertz CT molecular complexity index is 486. The Morgan fingerprint density at radius 2 is 2.00 bits per heavy atom. The van der Waals surface area contributed by atoms with Gasteiger partial charge in [-0.1, -0.05) is 6.92 Å². The summed E-state index contributed by atoms with van der Waals surface area (Å²) in [6, 6.07) is 4.92. The van der Waals surface area contributed by atoms with E-state index in [0.29, 0.717) is 17.1 Å². The van der Waals surface area contributed by atoms with Gasteiger partial charge in [0.15, 0.2) is 0 Å². The first-order valence-corrected chi connectivity index (χ1v) is 6.20. The summed E-state index contributed by atoms with van der Waals surface area (Å²) >= 11 is 0. The normalized spacial score (nSPS) is 11.6. The van der Waals surface area contributed by atoms with Gasteiger partial charge in [0.25, 0.3) is 5.91 Å². The maximum atomic E-state index is 12.1. The molecule has 1 aromatic carbocycles. The molecule has 0 spiro atoms. The minimum atomic E-state index is -0.884. The monoisotopic (exact) mass is 281 g/mol. The lowest BCUT2D eigenvalue weighted by Crippen LogP contribution is -2.29. The second-order valence-electron chi connectivity index (χ2n) is 4.48. The van der Waals surface area contributed by atoms with Gasteiger partial charge in [0.2, 0.25) is 0 Å². The van der Waals surface area contributed by atoms with Crippen LogP contribution >= 0.6 is 0 Å². The first kappa shape index (κ1) is 15.8. The predicted octanol–water partition coefficient (Wildman–Crippen LogP) is 1.54. The fourth-order valence-electron chi connectivity index (χ4n) is 1.72. The van der Waals surface area contributed by atoms with Crippen LogP contribution in [0.2, 0.25) is 0 Å². The predicted molar refractivity (Wildman–Crippen MR) is 73.3 cm³/mol. The van der Waals surface area contributed by atoms with Crippen LogP contribution in [0, 0.1) is 5.92 Å². The number of nitrogens with one attached hydrogen (secondary N) is 1. The first-order chi connectivity index (χ1) is 9.47. The molecule has 0 aliphatic heterocycles. The zero-order valence-corrected chi connectivity index (χ0v) is 11.8. The van der Waals surface area contributed by atoms with Crippen molar-refractivity contribution in [2.45, 2.75) is 13.3 Å². The average molecular weight is 281 g/mol. The number of ether oxygens (including phenoxy) is 2. The summed E-state index contributed by atoms with van der Waals surface area (Å²) in [4.78, 5) is 22.6. The van der Waals surface area contributed by atoms with Gasteiger partial charge in [-0.25, -0.2) is 0 Å². The number of carbonyl (C=O) groups excluding carboxylic acids is 1. The highest BCUT2D eigenvalue weighted by Crippen LogP contribution is 2.23. The Morgan fingerprint density at radius 1 is 1.30 bits per heavy atom. The molecular weight excluding hydrogens is 262 g/mol. The zero-order chi connectivity index (χ0) is 15.1. The van der Waals surface area contributed by atoms with E-state index in [9.17, 15) is 9.59 Å². The molecule has 6 heteroatoms. The molecule has 20 heavy (non-hydrogen) atoms. The number of methoxy groups -OCH3 is 2. The smallest absolute Gasteiger partial charge is 0.303 e. The van der Waals surface area contributed by atoms with Gasteiger partial charge in [-0.3, -0.25) is 9.59 Å². The van der Waals surface area contributed by atoms with Gasteiger partial charge >= 0.3 is 5.97 Å². The van der Waals surface area contributed by atoms with Crippen molar-refractivity contribution < 1.29 is 24.2 Å². The highest BCUT2D eigenvalue weighted by atomic mass is 16.5. The molecule has 2 N–H and O–H groups in total. The van der Waals surface area contributed by atoms with Gasteiger partial charge < -0.3 is 19.9 Å². The van der Waals surface area contributed by atoms with E-state index < -0.39 is 5.97 Å². The lowest BCUT2D eigenvalue weighted by molar-refractivity contribution is -0.137. The molecule has 0 aliphatic carbocycles. The van der Waals surface area contributed by atoms with E-state index in [1.165, 1.54) is 14.2 Å². The molecule has 1 aromatic rings. The molecule has 0 saturated carbocycles. The number of hydrogen-bond acceptors (Lipinski definition) is 4. The summed E-state index contributed by atoms with van der Waals surface area (Å²) < 4.78 is 10.2. The summed E-state index contributed by atoms with van der Waals surface area (Å²) in [6.45, 7) is 2.04. The van der Waals surface area contributed by atoms with Crippen LogP contribution in [0.25, 0.3) is 0 Å². The van der Waals surface area contributed by atoms with Gasteiger partial charge in [-0.05, 0) is 24.1 Å². The molecule has 0 radical (unpaired) electrons. The average Bonchev–Trinajstić information content (AvgIpc) is 2.43. The summed E-state index contributed by atoms with van der Waals surface area (Å²) in [5.74, 6) is -0.361. The van der Waals surface area contributed by atoms with E-state index in [-0.39, 0.29) is 24.8 Å². The van der Waals surface area contributed by atoms with Gasteiger partial charge in [-0.15, -0.1) is 0 Å². The fraction of sp³-hybridized carbons (Fsp3) is 0.429. The number of rotatable bonds is 7. The van der Waals surface area contributed by atoms with Crippen molar-refractivity contribution in [2.75, 3.05) is 20.8 Å². The van der Waals surface area contributed by atoms with Crippen molar-refractivity contribution in [1.29, 1.82) is 0 Å². The second kappa shape index (κ2) is 7.37. The van der Waals surface area contributed by atoms with E-state index >= 15 is 0 Å². The van der Waals surface area contributed by atoms with Crippen LogP contribution in [0.3, 0.4) is 0 Å². The number of hydrogen-bond donors (Lipinski definition) is 2. The van der Waals surface area contributed by atoms with Crippen molar-refractivity contribution in [3.63, 3.8) is 0 Å². The van der Waals surface area contributed by atoms with Crippen LogP contribution in [0.4, 0.5) is 0 Å². The standard InChI is InChI=1S/C14H19NO5/c1-9(6-13(16)17)8-15-14(18)11-7-10(19-2)4-5-12(11)20-3/h4-5,7,9H,6,8H2,1-3H3,(H,15,18)(H,16,17). The SMILES string of the molecule is COc1ccc(OC)c(C(=O)NCC(C)CC(=O)O)c1. The Balaban J connectivity index is 2.73. The summed E-state index contributed by atoms with van der Waals surface area (Å²) in [5.41, 5.74) is 0.356. The molecule has 1 rings (SSSR count). The van der Waals surface area contributed by atoms with Gasteiger partial charge in [0, 0.05) is 13.0 Å². The topological polar surface area (TPSA) is 84.9 Å². The van der Waals surface area contributed by atoms with Gasteiger partial charge in [0.1, 0.15) is 11.5 Å². The van der Waals surface area contributed by atoms with Crippen LogP contribution in [-0.4, -0.2) is 37.7 Å². The van der Waals surface area contributed by atoms with Crippen LogP contribution < -0.4 is 14.8 Å². The highest BCUT2D eigenvalue weighted by molar-refractivity contribution is 5.97. The van der Waals surface area contributed by atoms with Crippen molar-refractivity contribution >= 4 is 11.9 Å². The quantitative estimate of drug-likeness (QED) is 0.792. The number of carboxylic acid groups (broad SMARTS) is 1. The van der Waals surface area contributed by atoms with Crippen LogP contribution in [0.15, 0.2) is 18.2 Å². The summed E-state index contributed by atoms with van der Waals surface area (Å²) in [5, 5.41) is 11.4. The van der Waals surface area contributed by atoms with Gasteiger partial charge in [0.05, 0.1) is 19.8 Å². The minimum Gasteiger partial charge on any atom is -0.497 e. The Hall–Kier alpha value is -2.24. The Morgan fingerprint density at radius 3 is 2.55 bits per heavy atom. The van der Waals surface area contributed by atoms with Crippen molar-refractivity contribution in [1.82, 2.24) is 5.32 Å². The molecule has 0 heterocycles. The molecule has 0 fully saturated rings. The molecule has 0 saturated heterocycles. The fourth-order valence-corrected chi connectivity index (χ4v) is 1.72. The molecule has 110 valence electrons.